The predicted octanol–water partition coefficient (Wildman–Crippen LogP) is 1.93. The zero-order chi connectivity index (χ0) is 12.8. The van der Waals surface area contributed by atoms with Crippen molar-refractivity contribution in [2.45, 2.75) is 58.0 Å². The van der Waals surface area contributed by atoms with Gasteiger partial charge in [-0.3, -0.25) is 0 Å². The first-order valence-electron chi connectivity index (χ1n) is 6.37. The van der Waals surface area contributed by atoms with Gasteiger partial charge in [-0.2, -0.15) is 0 Å². The maximum atomic E-state index is 11.7. The van der Waals surface area contributed by atoms with E-state index in [-0.39, 0.29) is 18.1 Å². The Morgan fingerprint density at radius 3 is 2.29 bits per heavy atom. The molecule has 1 aliphatic rings. The summed E-state index contributed by atoms with van der Waals surface area (Å²) in [5.74, 6) is 0.402. The largest absolute Gasteiger partial charge is 0.392 e. The summed E-state index contributed by atoms with van der Waals surface area (Å²) in [4.78, 5) is 12.1. The van der Waals surface area contributed by atoms with Crippen LogP contribution in [0.25, 0.3) is 0 Å². The lowest BCUT2D eigenvalue weighted by Gasteiger charge is -2.30. The Labute approximate surface area is 109 Å². The van der Waals surface area contributed by atoms with Crippen LogP contribution in [-0.2, 0) is 0 Å². The van der Waals surface area contributed by atoms with Gasteiger partial charge in [0.25, 0.3) is 0 Å². The fourth-order valence-corrected chi connectivity index (χ4v) is 2.59. The normalized spacial score (nSPS) is 18.8. The monoisotopic (exact) mass is 257 g/mol. The van der Waals surface area contributed by atoms with E-state index in [0.29, 0.717) is 10.9 Å². The molecule has 0 spiro atoms. The molecule has 0 heterocycles. The van der Waals surface area contributed by atoms with Gasteiger partial charge in [0.15, 0.2) is 0 Å². The summed E-state index contributed by atoms with van der Waals surface area (Å²) in [6, 6.07) is -0.222. The molecule has 1 rings (SSSR count). The summed E-state index contributed by atoms with van der Waals surface area (Å²) in [5, 5.41) is 5.70. The average molecular weight is 257 g/mol. The molecule has 1 saturated carbocycles. The number of carbonyl (C=O) groups excluding carboxylic acids is 1. The third-order valence-corrected chi connectivity index (χ3v) is 3.39. The number of carbonyl (C=O) groups is 1. The maximum Gasteiger partial charge on any atom is 0.315 e. The number of thiocarbonyl (C=S) groups is 1. The van der Waals surface area contributed by atoms with Crippen LogP contribution in [0.3, 0.4) is 0 Å². The highest BCUT2D eigenvalue weighted by atomic mass is 32.1. The Hall–Kier alpha value is -0.840. The molecule has 1 fully saturated rings. The second-order valence-corrected chi connectivity index (χ2v) is 5.52. The molecule has 0 bridgehead atoms. The van der Waals surface area contributed by atoms with Crippen LogP contribution in [0.5, 0.6) is 0 Å². The van der Waals surface area contributed by atoms with Gasteiger partial charge in [-0.1, -0.05) is 31.5 Å². The fourth-order valence-electron chi connectivity index (χ4n) is 2.33. The number of rotatable bonds is 4. The molecule has 0 aromatic heterocycles. The molecular formula is C12H23N3OS. The highest BCUT2D eigenvalue weighted by Gasteiger charge is 2.27. The minimum atomic E-state index is -0.177. The number of hydrogen-bond acceptors (Lipinski definition) is 2. The average Bonchev–Trinajstić information content (AvgIpc) is 2.25. The third kappa shape index (κ3) is 4.89. The molecule has 98 valence electrons. The van der Waals surface area contributed by atoms with Crippen molar-refractivity contribution < 1.29 is 4.79 Å². The highest BCUT2D eigenvalue weighted by Crippen LogP contribution is 2.26. The van der Waals surface area contributed by atoms with Gasteiger partial charge in [0, 0.05) is 6.04 Å². The van der Waals surface area contributed by atoms with E-state index >= 15 is 0 Å². The van der Waals surface area contributed by atoms with Gasteiger partial charge in [0.1, 0.15) is 0 Å². The van der Waals surface area contributed by atoms with Gasteiger partial charge in [-0.25, -0.2) is 4.79 Å². The molecule has 1 unspecified atom stereocenters. The molecule has 0 aliphatic heterocycles. The maximum absolute atomic E-state index is 11.7. The number of hydrogen-bond donors (Lipinski definition) is 3. The zero-order valence-electron chi connectivity index (χ0n) is 10.7. The number of nitrogens with one attached hydrogen (secondary N) is 2. The molecule has 0 aromatic carbocycles. The second kappa shape index (κ2) is 6.79. The number of urea groups is 1. The van der Waals surface area contributed by atoms with E-state index in [1.807, 2.05) is 13.8 Å². The van der Waals surface area contributed by atoms with E-state index < -0.39 is 0 Å². The molecule has 17 heavy (non-hydrogen) atoms. The van der Waals surface area contributed by atoms with Crippen LogP contribution < -0.4 is 16.4 Å². The van der Waals surface area contributed by atoms with E-state index in [2.05, 4.69) is 10.6 Å². The molecule has 1 atom stereocenters. The molecule has 0 aromatic rings. The van der Waals surface area contributed by atoms with Crippen LogP contribution >= 0.6 is 12.2 Å². The summed E-state index contributed by atoms with van der Waals surface area (Å²) in [7, 11) is 0. The number of nitrogens with two attached hydrogens (primary N) is 1. The predicted molar refractivity (Wildman–Crippen MR) is 74.0 cm³/mol. The molecule has 5 heteroatoms. The van der Waals surface area contributed by atoms with E-state index in [0.717, 1.165) is 12.8 Å². The van der Waals surface area contributed by atoms with Gasteiger partial charge in [-0.05, 0) is 32.6 Å². The van der Waals surface area contributed by atoms with Crippen molar-refractivity contribution in [3.63, 3.8) is 0 Å². The Kier molecular flexibility index (Phi) is 5.68. The van der Waals surface area contributed by atoms with Crippen molar-refractivity contribution in [3.05, 3.63) is 0 Å². The smallest absolute Gasteiger partial charge is 0.315 e. The van der Waals surface area contributed by atoms with Crippen LogP contribution in [0.1, 0.15) is 46.0 Å². The number of amides is 2. The lowest BCUT2D eigenvalue weighted by atomic mass is 9.84. The molecule has 4 nitrogen and oxygen atoms in total. The van der Waals surface area contributed by atoms with Crippen LogP contribution in [0.2, 0.25) is 0 Å². The lowest BCUT2D eigenvalue weighted by molar-refractivity contribution is 0.229. The Balaban J connectivity index is 2.53. The van der Waals surface area contributed by atoms with E-state index in [1.165, 1.54) is 19.3 Å². The molecule has 0 saturated heterocycles. The SMILES string of the molecule is CC(C)NC(=O)NC(C(N)=S)C1CCCCC1. The minimum Gasteiger partial charge on any atom is -0.392 e. The molecule has 4 N–H and O–H groups in total. The molecule has 0 radical (unpaired) electrons. The Morgan fingerprint density at radius 1 is 1.24 bits per heavy atom. The zero-order valence-corrected chi connectivity index (χ0v) is 11.5. The van der Waals surface area contributed by atoms with E-state index in [4.69, 9.17) is 18.0 Å². The first-order chi connectivity index (χ1) is 8.00. The van der Waals surface area contributed by atoms with Crippen molar-refractivity contribution in [1.82, 2.24) is 10.6 Å². The lowest BCUT2D eigenvalue weighted by Crippen LogP contribution is -2.52. The van der Waals surface area contributed by atoms with Gasteiger partial charge in [-0.15, -0.1) is 0 Å². The molecular weight excluding hydrogens is 234 g/mol. The highest BCUT2D eigenvalue weighted by molar-refractivity contribution is 7.80. The first kappa shape index (κ1) is 14.2. The standard InChI is InChI=1S/C12H23N3OS/c1-8(2)14-12(16)15-10(11(13)17)9-6-4-3-5-7-9/h8-10H,3-7H2,1-2H3,(H2,13,17)(H2,14,15,16). The third-order valence-electron chi connectivity index (χ3n) is 3.13. The van der Waals surface area contributed by atoms with Gasteiger partial charge >= 0.3 is 6.03 Å². The first-order valence-corrected chi connectivity index (χ1v) is 6.78. The van der Waals surface area contributed by atoms with Crippen molar-refractivity contribution in [2.24, 2.45) is 11.7 Å². The van der Waals surface area contributed by atoms with E-state index in [1.54, 1.807) is 0 Å². The summed E-state index contributed by atoms with van der Waals surface area (Å²) in [6.07, 6.45) is 5.89. The summed E-state index contributed by atoms with van der Waals surface area (Å²) >= 11 is 5.07. The quantitative estimate of drug-likeness (QED) is 0.674. The fraction of sp³-hybridized carbons (Fsp3) is 0.833. The van der Waals surface area contributed by atoms with Crippen LogP contribution in [-0.4, -0.2) is 23.1 Å². The van der Waals surface area contributed by atoms with Crippen molar-refractivity contribution in [3.8, 4) is 0 Å². The molecule has 2 amide bonds. The van der Waals surface area contributed by atoms with Gasteiger partial charge in [0.2, 0.25) is 0 Å². The Morgan fingerprint density at radius 2 is 1.82 bits per heavy atom. The van der Waals surface area contributed by atoms with Crippen molar-refractivity contribution in [1.29, 1.82) is 0 Å². The summed E-state index contributed by atoms with van der Waals surface area (Å²) < 4.78 is 0. The summed E-state index contributed by atoms with van der Waals surface area (Å²) in [6.45, 7) is 3.85. The van der Waals surface area contributed by atoms with Crippen molar-refractivity contribution in [2.75, 3.05) is 0 Å². The van der Waals surface area contributed by atoms with Crippen LogP contribution in [0.4, 0.5) is 4.79 Å². The van der Waals surface area contributed by atoms with Crippen LogP contribution in [0, 0.1) is 5.92 Å². The van der Waals surface area contributed by atoms with Gasteiger partial charge < -0.3 is 16.4 Å². The van der Waals surface area contributed by atoms with Crippen LogP contribution in [0.15, 0.2) is 0 Å². The molecule has 1 aliphatic carbocycles. The van der Waals surface area contributed by atoms with Gasteiger partial charge in [0.05, 0.1) is 11.0 Å². The van der Waals surface area contributed by atoms with Crippen molar-refractivity contribution >= 4 is 23.2 Å². The topological polar surface area (TPSA) is 67.2 Å². The Bertz CT molecular complexity index is 275. The second-order valence-electron chi connectivity index (χ2n) is 5.05. The van der Waals surface area contributed by atoms with E-state index in [9.17, 15) is 4.79 Å². The summed E-state index contributed by atoms with van der Waals surface area (Å²) in [5.41, 5.74) is 5.74. The minimum absolute atomic E-state index is 0.119.